The zero-order valence-electron chi connectivity index (χ0n) is 5.96. The molecule has 0 aromatic carbocycles. The smallest absolute Gasteiger partial charge is 0.0928 e. The molecule has 0 aliphatic heterocycles. The van der Waals surface area contributed by atoms with E-state index in [1.54, 1.807) is 6.92 Å². The average Bonchev–Trinajstić information content (AvgIpc) is 1.82. The second-order valence-electron chi connectivity index (χ2n) is 3.11. The minimum absolute atomic E-state index is 0.275. The van der Waals surface area contributed by atoms with Crippen molar-refractivity contribution in [2.45, 2.75) is 38.4 Å². The van der Waals surface area contributed by atoms with Crippen LogP contribution in [0.5, 0.6) is 0 Å². The molecule has 1 saturated carbocycles. The summed E-state index contributed by atoms with van der Waals surface area (Å²) in [6.45, 7) is 3.62. The highest BCUT2D eigenvalue weighted by Crippen LogP contribution is 2.40. The van der Waals surface area contributed by atoms with E-state index < -0.39 is 11.7 Å². The molecule has 2 nitrogen and oxygen atoms in total. The van der Waals surface area contributed by atoms with Crippen LogP contribution in [0.25, 0.3) is 0 Å². The predicted octanol–water partition coefficient (Wildman–Crippen LogP) is 0.528. The van der Waals surface area contributed by atoms with Crippen molar-refractivity contribution >= 4 is 0 Å². The van der Waals surface area contributed by atoms with E-state index in [-0.39, 0.29) is 5.92 Å². The van der Waals surface area contributed by atoms with Crippen LogP contribution < -0.4 is 0 Å². The Hall–Kier alpha value is -0.0800. The van der Waals surface area contributed by atoms with Gasteiger partial charge in [0.05, 0.1) is 11.7 Å². The monoisotopic (exact) mass is 130 g/mol. The number of rotatable bonds is 1. The number of hydrogen-bond donors (Lipinski definition) is 2. The largest absolute Gasteiger partial charge is 0.390 e. The highest BCUT2D eigenvalue weighted by Gasteiger charge is 2.45. The molecule has 0 aromatic rings. The zero-order chi connectivity index (χ0) is 7.07. The SMILES string of the molecule is CC(O)C1(O)CCC1C. The molecule has 1 fully saturated rings. The van der Waals surface area contributed by atoms with E-state index in [0.29, 0.717) is 0 Å². The van der Waals surface area contributed by atoms with E-state index in [9.17, 15) is 5.11 Å². The van der Waals surface area contributed by atoms with Crippen molar-refractivity contribution in [3.8, 4) is 0 Å². The summed E-state index contributed by atoms with van der Waals surface area (Å²) < 4.78 is 0. The summed E-state index contributed by atoms with van der Waals surface area (Å²) in [5.74, 6) is 0.275. The van der Waals surface area contributed by atoms with Crippen molar-refractivity contribution < 1.29 is 10.2 Å². The molecule has 0 heterocycles. The molecule has 0 saturated heterocycles. The van der Waals surface area contributed by atoms with Gasteiger partial charge in [0.15, 0.2) is 0 Å². The molecule has 9 heavy (non-hydrogen) atoms. The first kappa shape index (κ1) is 7.03. The Morgan fingerprint density at radius 2 is 2.22 bits per heavy atom. The van der Waals surface area contributed by atoms with E-state index in [4.69, 9.17) is 5.11 Å². The molecule has 2 N–H and O–H groups in total. The second kappa shape index (κ2) is 1.96. The lowest BCUT2D eigenvalue weighted by molar-refractivity contribution is -0.157. The summed E-state index contributed by atoms with van der Waals surface area (Å²) in [5, 5.41) is 18.6. The van der Waals surface area contributed by atoms with Crippen LogP contribution in [0.2, 0.25) is 0 Å². The highest BCUT2D eigenvalue weighted by atomic mass is 16.3. The van der Waals surface area contributed by atoms with Crippen LogP contribution in [-0.2, 0) is 0 Å². The first-order valence-electron chi connectivity index (χ1n) is 3.48. The average molecular weight is 130 g/mol. The summed E-state index contributed by atoms with van der Waals surface area (Å²) in [7, 11) is 0. The van der Waals surface area contributed by atoms with Crippen molar-refractivity contribution in [2.24, 2.45) is 5.92 Å². The van der Waals surface area contributed by atoms with E-state index in [1.165, 1.54) is 0 Å². The maximum atomic E-state index is 9.51. The first-order valence-corrected chi connectivity index (χ1v) is 3.48. The van der Waals surface area contributed by atoms with Crippen molar-refractivity contribution in [3.05, 3.63) is 0 Å². The molecule has 0 bridgehead atoms. The van der Waals surface area contributed by atoms with Gasteiger partial charge in [0, 0.05) is 0 Å². The molecule has 0 aromatic heterocycles. The molecule has 1 aliphatic carbocycles. The van der Waals surface area contributed by atoms with Crippen molar-refractivity contribution in [3.63, 3.8) is 0 Å². The van der Waals surface area contributed by atoms with Gasteiger partial charge in [0.1, 0.15) is 0 Å². The van der Waals surface area contributed by atoms with Gasteiger partial charge in [-0.3, -0.25) is 0 Å². The first-order chi connectivity index (χ1) is 4.07. The predicted molar refractivity (Wildman–Crippen MR) is 35.0 cm³/mol. The molecule has 0 radical (unpaired) electrons. The third-order valence-corrected chi connectivity index (χ3v) is 2.55. The molecular weight excluding hydrogens is 116 g/mol. The maximum Gasteiger partial charge on any atom is 0.0928 e. The van der Waals surface area contributed by atoms with Crippen LogP contribution in [-0.4, -0.2) is 21.9 Å². The number of aliphatic hydroxyl groups is 2. The van der Waals surface area contributed by atoms with Crippen LogP contribution in [0.15, 0.2) is 0 Å². The Kier molecular flexibility index (Phi) is 1.53. The maximum absolute atomic E-state index is 9.51. The quantitative estimate of drug-likeness (QED) is 0.543. The van der Waals surface area contributed by atoms with E-state index >= 15 is 0 Å². The summed E-state index contributed by atoms with van der Waals surface area (Å²) >= 11 is 0. The van der Waals surface area contributed by atoms with Crippen molar-refractivity contribution in [2.75, 3.05) is 0 Å². The van der Waals surface area contributed by atoms with E-state index in [1.807, 2.05) is 6.92 Å². The Morgan fingerprint density at radius 3 is 2.22 bits per heavy atom. The highest BCUT2D eigenvalue weighted by molar-refractivity contribution is 4.97. The van der Waals surface area contributed by atoms with Gasteiger partial charge in [-0.2, -0.15) is 0 Å². The molecule has 0 spiro atoms. The Balaban J connectivity index is 2.53. The topological polar surface area (TPSA) is 40.5 Å². The van der Waals surface area contributed by atoms with Gasteiger partial charge < -0.3 is 10.2 Å². The van der Waals surface area contributed by atoms with Gasteiger partial charge in [0.2, 0.25) is 0 Å². The summed E-state index contributed by atoms with van der Waals surface area (Å²) in [4.78, 5) is 0. The molecule has 54 valence electrons. The Labute approximate surface area is 55.5 Å². The minimum atomic E-state index is -0.764. The molecule has 1 rings (SSSR count). The van der Waals surface area contributed by atoms with Gasteiger partial charge in [-0.05, 0) is 25.7 Å². The summed E-state index contributed by atoms with van der Waals surface area (Å²) in [5.41, 5.74) is -0.764. The van der Waals surface area contributed by atoms with Gasteiger partial charge in [-0.25, -0.2) is 0 Å². The molecule has 3 atom stereocenters. The zero-order valence-corrected chi connectivity index (χ0v) is 5.96. The van der Waals surface area contributed by atoms with E-state index in [2.05, 4.69) is 0 Å². The fourth-order valence-corrected chi connectivity index (χ4v) is 1.35. The second-order valence-corrected chi connectivity index (χ2v) is 3.11. The fourth-order valence-electron chi connectivity index (χ4n) is 1.35. The van der Waals surface area contributed by atoms with Crippen LogP contribution in [0.3, 0.4) is 0 Å². The minimum Gasteiger partial charge on any atom is -0.390 e. The lowest BCUT2D eigenvalue weighted by atomic mass is 9.68. The van der Waals surface area contributed by atoms with Crippen LogP contribution in [0.4, 0.5) is 0 Å². The lowest BCUT2D eigenvalue weighted by Crippen LogP contribution is -2.53. The van der Waals surface area contributed by atoms with Gasteiger partial charge in [-0.15, -0.1) is 0 Å². The molecular formula is C7H14O2. The Bertz CT molecular complexity index is 105. The van der Waals surface area contributed by atoms with Gasteiger partial charge in [0.25, 0.3) is 0 Å². The fraction of sp³-hybridized carbons (Fsp3) is 1.00. The summed E-state index contributed by atoms with van der Waals surface area (Å²) in [6.07, 6.45) is 1.23. The molecule has 1 aliphatic rings. The summed E-state index contributed by atoms with van der Waals surface area (Å²) in [6, 6.07) is 0. The van der Waals surface area contributed by atoms with Crippen LogP contribution in [0, 0.1) is 5.92 Å². The molecule has 0 amide bonds. The molecule has 3 unspecified atom stereocenters. The third-order valence-electron chi connectivity index (χ3n) is 2.55. The number of hydrogen-bond acceptors (Lipinski definition) is 2. The normalized spacial score (nSPS) is 46.0. The van der Waals surface area contributed by atoms with Crippen molar-refractivity contribution in [1.29, 1.82) is 0 Å². The standard InChI is InChI=1S/C7H14O2/c1-5-3-4-7(5,9)6(2)8/h5-6,8-9H,3-4H2,1-2H3. The van der Waals surface area contributed by atoms with Gasteiger partial charge >= 0.3 is 0 Å². The van der Waals surface area contributed by atoms with Crippen molar-refractivity contribution in [1.82, 2.24) is 0 Å². The number of aliphatic hydroxyl groups excluding tert-OH is 1. The van der Waals surface area contributed by atoms with Crippen LogP contribution in [0.1, 0.15) is 26.7 Å². The third kappa shape index (κ3) is 0.864. The lowest BCUT2D eigenvalue weighted by Gasteiger charge is -2.45. The molecule has 2 heteroatoms. The van der Waals surface area contributed by atoms with E-state index in [0.717, 1.165) is 12.8 Å². The van der Waals surface area contributed by atoms with Crippen LogP contribution >= 0.6 is 0 Å². The Morgan fingerprint density at radius 1 is 1.67 bits per heavy atom. The van der Waals surface area contributed by atoms with Gasteiger partial charge in [-0.1, -0.05) is 6.92 Å².